The maximum Gasteiger partial charge on any atom is 0.236 e. The van der Waals surface area contributed by atoms with E-state index >= 15 is 0 Å². The van der Waals surface area contributed by atoms with Crippen molar-refractivity contribution >= 4 is 5.91 Å². The van der Waals surface area contributed by atoms with Crippen LogP contribution >= 0.6 is 0 Å². The lowest BCUT2D eigenvalue weighted by molar-refractivity contribution is -0.130. The van der Waals surface area contributed by atoms with Crippen molar-refractivity contribution in [2.45, 2.75) is 39.3 Å². The molecule has 1 aromatic carbocycles. The largest absolute Gasteiger partial charge is 0.339 e. The lowest BCUT2D eigenvalue weighted by atomic mass is 10.1. The zero-order chi connectivity index (χ0) is 13.0. The molecule has 3 nitrogen and oxygen atoms in total. The molecule has 0 bridgehead atoms. The Bertz CT molecular complexity index is 395. The zero-order valence-corrected chi connectivity index (χ0v) is 11.3. The summed E-state index contributed by atoms with van der Waals surface area (Å²) in [6.07, 6.45) is 2.36. The Morgan fingerprint density at radius 1 is 1.33 bits per heavy atom. The molecule has 1 amide bonds. The van der Waals surface area contributed by atoms with E-state index in [9.17, 15) is 4.79 Å². The maximum absolute atomic E-state index is 12.0. The molecule has 3 heteroatoms. The summed E-state index contributed by atoms with van der Waals surface area (Å²) in [4.78, 5) is 14.0. The number of hydrogen-bond acceptors (Lipinski definition) is 2. The third-order valence-corrected chi connectivity index (χ3v) is 3.37. The van der Waals surface area contributed by atoms with E-state index < -0.39 is 0 Å². The summed E-state index contributed by atoms with van der Waals surface area (Å²) < 4.78 is 0. The summed E-state index contributed by atoms with van der Waals surface area (Å²) in [7, 11) is 0. The molecule has 0 heterocycles. The third kappa shape index (κ3) is 3.57. The first-order chi connectivity index (χ1) is 8.70. The summed E-state index contributed by atoms with van der Waals surface area (Å²) in [6, 6.07) is 8.92. The van der Waals surface area contributed by atoms with E-state index in [0.29, 0.717) is 12.6 Å². The van der Waals surface area contributed by atoms with E-state index in [1.807, 2.05) is 4.90 Å². The van der Waals surface area contributed by atoms with Crippen LogP contribution in [0.3, 0.4) is 0 Å². The van der Waals surface area contributed by atoms with Gasteiger partial charge in [-0.25, -0.2) is 0 Å². The third-order valence-electron chi connectivity index (χ3n) is 3.37. The van der Waals surface area contributed by atoms with Crippen LogP contribution in [-0.2, 0) is 11.3 Å². The Hall–Kier alpha value is -1.35. The molecule has 1 fully saturated rings. The van der Waals surface area contributed by atoms with Crippen molar-refractivity contribution in [3.63, 3.8) is 0 Å². The van der Waals surface area contributed by atoms with Gasteiger partial charge in [-0.1, -0.05) is 29.8 Å². The number of amides is 1. The lowest BCUT2D eigenvalue weighted by Crippen LogP contribution is -2.39. The van der Waals surface area contributed by atoms with E-state index in [0.717, 1.165) is 13.1 Å². The fraction of sp³-hybridized carbons (Fsp3) is 0.533. The molecule has 0 spiro atoms. The molecule has 2 rings (SSSR count). The molecule has 1 aliphatic carbocycles. The SMILES string of the molecule is CCN(C(=O)CNCc1ccc(C)cc1)C1CC1. The number of nitrogens with one attached hydrogen (secondary N) is 1. The smallest absolute Gasteiger partial charge is 0.236 e. The van der Waals surface area contributed by atoms with Gasteiger partial charge in [0.05, 0.1) is 6.54 Å². The monoisotopic (exact) mass is 246 g/mol. The minimum Gasteiger partial charge on any atom is -0.339 e. The second kappa shape index (κ2) is 6.01. The molecule has 0 radical (unpaired) electrons. The van der Waals surface area contributed by atoms with E-state index in [1.54, 1.807) is 0 Å². The van der Waals surface area contributed by atoms with Crippen LogP contribution in [-0.4, -0.2) is 29.9 Å². The Labute approximate surface area is 109 Å². The number of likely N-dealkylation sites (N-methyl/N-ethyl adjacent to an activating group) is 1. The number of hydrogen-bond donors (Lipinski definition) is 1. The topological polar surface area (TPSA) is 32.3 Å². The van der Waals surface area contributed by atoms with Gasteiger partial charge in [0.2, 0.25) is 5.91 Å². The van der Waals surface area contributed by atoms with Crippen molar-refractivity contribution in [3.8, 4) is 0 Å². The Kier molecular flexibility index (Phi) is 4.37. The molecular weight excluding hydrogens is 224 g/mol. The van der Waals surface area contributed by atoms with Gasteiger partial charge in [0, 0.05) is 19.1 Å². The summed E-state index contributed by atoms with van der Waals surface area (Å²) >= 11 is 0. The number of aryl methyl sites for hydroxylation is 1. The fourth-order valence-corrected chi connectivity index (χ4v) is 2.15. The van der Waals surface area contributed by atoms with Gasteiger partial charge in [-0.2, -0.15) is 0 Å². The average molecular weight is 246 g/mol. The first kappa shape index (κ1) is 13.1. The fourth-order valence-electron chi connectivity index (χ4n) is 2.15. The molecule has 0 unspecified atom stereocenters. The van der Waals surface area contributed by atoms with Gasteiger partial charge in [0.25, 0.3) is 0 Å². The van der Waals surface area contributed by atoms with Gasteiger partial charge in [-0.15, -0.1) is 0 Å². The van der Waals surface area contributed by atoms with E-state index in [4.69, 9.17) is 0 Å². The first-order valence-corrected chi connectivity index (χ1v) is 6.76. The molecule has 1 aromatic rings. The van der Waals surface area contributed by atoms with Crippen LogP contribution < -0.4 is 5.32 Å². The minimum atomic E-state index is 0.229. The van der Waals surface area contributed by atoms with Crippen LogP contribution in [0.2, 0.25) is 0 Å². The molecule has 98 valence electrons. The highest BCUT2D eigenvalue weighted by atomic mass is 16.2. The van der Waals surface area contributed by atoms with Crippen molar-refractivity contribution in [3.05, 3.63) is 35.4 Å². The average Bonchev–Trinajstić information content (AvgIpc) is 3.17. The Balaban J connectivity index is 1.74. The number of carbonyl (C=O) groups excluding carboxylic acids is 1. The summed E-state index contributed by atoms with van der Waals surface area (Å²) in [5.41, 5.74) is 2.49. The van der Waals surface area contributed by atoms with Gasteiger partial charge < -0.3 is 10.2 Å². The van der Waals surface area contributed by atoms with Crippen LogP contribution in [0.4, 0.5) is 0 Å². The van der Waals surface area contributed by atoms with Crippen LogP contribution in [0, 0.1) is 6.92 Å². The van der Waals surface area contributed by atoms with Crippen molar-refractivity contribution in [2.75, 3.05) is 13.1 Å². The lowest BCUT2D eigenvalue weighted by Gasteiger charge is -2.20. The van der Waals surface area contributed by atoms with Crippen molar-refractivity contribution in [1.82, 2.24) is 10.2 Å². The standard InChI is InChI=1S/C15H22N2O/c1-3-17(14-8-9-14)15(18)11-16-10-13-6-4-12(2)5-7-13/h4-7,14,16H,3,8-11H2,1-2H3. The van der Waals surface area contributed by atoms with Crippen LogP contribution in [0.15, 0.2) is 24.3 Å². The number of carbonyl (C=O) groups is 1. The summed E-state index contributed by atoms with van der Waals surface area (Å²) in [6.45, 7) is 6.16. The van der Waals surface area contributed by atoms with E-state index in [1.165, 1.54) is 24.0 Å². The van der Waals surface area contributed by atoms with Gasteiger partial charge in [0.1, 0.15) is 0 Å². The van der Waals surface area contributed by atoms with E-state index in [-0.39, 0.29) is 5.91 Å². The van der Waals surface area contributed by atoms with Crippen LogP contribution in [0.5, 0.6) is 0 Å². The van der Waals surface area contributed by atoms with Gasteiger partial charge in [-0.3, -0.25) is 4.79 Å². The van der Waals surface area contributed by atoms with Gasteiger partial charge >= 0.3 is 0 Å². The zero-order valence-electron chi connectivity index (χ0n) is 11.3. The molecular formula is C15H22N2O. The number of nitrogens with zero attached hydrogens (tertiary/aromatic N) is 1. The van der Waals surface area contributed by atoms with Gasteiger partial charge in [-0.05, 0) is 32.3 Å². The Morgan fingerprint density at radius 2 is 2.00 bits per heavy atom. The molecule has 0 saturated heterocycles. The number of rotatable bonds is 6. The molecule has 18 heavy (non-hydrogen) atoms. The first-order valence-electron chi connectivity index (χ1n) is 6.76. The predicted octanol–water partition coefficient (Wildman–Crippen LogP) is 2.10. The quantitative estimate of drug-likeness (QED) is 0.833. The normalized spacial score (nSPS) is 14.6. The van der Waals surface area contributed by atoms with Crippen molar-refractivity contribution in [2.24, 2.45) is 0 Å². The highest BCUT2D eigenvalue weighted by Crippen LogP contribution is 2.26. The second-order valence-electron chi connectivity index (χ2n) is 5.00. The van der Waals surface area contributed by atoms with Crippen LogP contribution in [0.25, 0.3) is 0 Å². The van der Waals surface area contributed by atoms with E-state index in [2.05, 4.69) is 43.4 Å². The molecule has 1 aliphatic rings. The molecule has 0 aromatic heterocycles. The van der Waals surface area contributed by atoms with Crippen molar-refractivity contribution in [1.29, 1.82) is 0 Å². The van der Waals surface area contributed by atoms with Crippen molar-refractivity contribution < 1.29 is 4.79 Å². The highest BCUT2D eigenvalue weighted by molar-refractivity contribution is 5.78. The minimum absolute atomic E-state index is 0.229. The molecule has 0 atom stereocenters. The van der Waals surface area contributed by atoms with Gasteiger partial charge in [0.15, 0.2) is 0 Å². The molecule has 1 saturated carbocycles. The predicted molar refractivity (Wildman–Crippen MR) is 73.3 cm³/mol. The molecule has 1 N–H and O–H groups in total. The highest BCUT2D eigenvalue weighted by Gasteiger charge is 2.30. The second-order valence-corrected chi connectivity index (χ2v) is 5.00. The Morgan fingerprint density at radius 3 is 2.56 bits per heavy atom. The maximum atomic E-state index is 12.0. The summed E-state index contributed by atoms with van der Waals surface area (Å²) in [5, 5.41) is 3.23. The molecule has 0 aliphatic heterocycles. The number of benzene rings is 1. The van der Waals surface area contributed by atoms with Crippen LogP contribution in [0.1, 0.15) is 30.9 Å². The summed E-state index contributed by atoms with van der Waals surface area (Å²) in [5.74, 6) is 0.229.